The van der Waals surface area contributed by atoms with E-state index in [4.69, 9.17) is 4.42 Å². The van der Waals surface area contributed by atoms with Crippen LogP contribution in [0.1, 0.15) is 43.1 Å². The Balaban J connectivity index is 1.28. The number of hydrogen-bond acceptors (Lipinski definition) is 3. The van der Waals surface area contributed by atoms with E-state index < -0.39 is 10.8 Å². The summed E-state index contributed by atoms with van der Waals surface area (Å²) in [5.41, 5.74) is 15.8. The van der Waals surface area contributed by atoms with Crippen LogP contribution in [0.5, 0.6) is 0 Å². The lowest BCUT2D eigenvalue weighted by atomic mass is 9.58. The molecule has 0 saturated heterocycles. The second kappa shape index (κ2) is 9.15. The zero-order chi connectivity index (χ0) is 31.9. The van der Waals surface area contributed by atoms with E-state index in [0.717, 1.165) is 27.5 Å². The van der Waals surface area contributed by atoms with Crippen LogP contribution >= 0.6 is 22.7 Å². The van der Waals surface area contributed by atoms with Crippen LogP contribution in [0.15, 0.2) is 161 Å². The summed E-state index contributed by atoms with van der Waals surface area (Å²) in [7, 11) is 0. The predicted molar refractivity (Wildman–Crippen MR) is 203 cm³/mol. The molecule has 0 radical (unpaired) electrons. The van der Waals surface area contributed by atoms with Gasteiger partial charge in [-0.1, -0.05) is 127 Å². The summed E-state index contributed by atoms with van der Waals surface area (Å²) < 4.78 is 6.68. The van der Waals surface area contributed by atoms with Gasteiger partial charge in [0.2, 0.25) is 0 Å². The first kappa shape index (κ1) is 26.5. The van der Waals surface area contributed by atoms with E-state index in [1.54, 1.807) is 0 Å². The fraction of sp³-hybridized carbons (Fsp3) is 0.0435. The van der Waals surface area contributed by atoms with Crippen molar-refractivity contribution in [3.63, 3.8) is 0 Å². The van der Waals surface area contributed by atoms with Gasteiger partial charge in [0.05, 0.1) is 10.8 Å². The summed E-state index contributed by atoms with van der Waals surface area (Å²) in [5, 5.41) is 4.66. The molecule has 228 valence electrons. The molecule has 49 heavy (non-hydrogen) atoms. The van der Waals surface area contributed by atoms with Crippen molar-refractivity contribution in [1.29, 1.82) is 0 Å². The average Bonchev–Trinajstić information content (AvgIpc) is 3.99. The zero-order valence-corrected chi connectivity index (χ0v) is 27.9. The van der Waals surface area contributed by atoms with Crippen molar-refractivity contribution in [2.45, 2.75) is 10.8 Å². The van der Waals surface area contributed by atoms with Crippen molar-refractivity contribution in [1.82, 2.24) is 0 Å². The Morgan fingerprint density at radius 2 is 0.918 bits per heavy atom. The first-order valence-electron chi connectivity index (χ1n) is 16.8. The minimum Gasteiger partial charge on any atom is -0.455 e. The Morgan fingerprint density at radius 1 is 0.408 bits per heavy atom. The van der Waals surface area contributed by atoms with E-state index in [0.29, 0.717) is 0 Å². The van der Waals surface area contributed by atoms with Gasteiger partial charge in [-0.2, -0.15) is 0 Å². The number of rotatable bonds is 1. The van der Waals surface area contributed by atoms with Crippen LogP contribution < -0.4 is 0 Å². The van der Waals surface area contributed by atoms with E-state index in [9.17, 15) is 0 Å². The highest BCUT2D eigenvalue weighted by Crippen LogP contribution is 2.70. The Bertz CT molecular complexity index is 2630. The van der Waals surface area contributed by atoms with Crippen LogP contribution in [-0.4, -0.2) is 0 Å². The van der Waals surface area contributed by atoms with Gasteiger partial charge in [0.1, 0.15) is 11.2 Å². The molecular weight excluding hydrogens is 633 g/mol. The Kier molecular flexibility index (Phi) is 4.94. The molecular formula is C46H26OS2. The molecule has 12 rings (SSSR count). The molecule has 2 spiro atoms. The van der Waals surface area contributed by atoms with Crippen LogP contribution in [0.25, 0.3) is 54.6 Å². The van der Waals surface area contributed by atoms with Gasteiger partial charge in [-0.05, 0) is 85.3 Å². The van der Waals surface area contributed by atoms with Crippen LogP contribution in [0, 0.1) is 0 Å². The quantitative estimate of drug-likeness (QED) is 0.171. The first-order chi connectivity index (χ1) is 24.3. The fourth-order valence-electron chi connectivity index (χ4n) is 9.70. The van der Waals surface area contributed by atoms with E-state index >= 15 is 0 Å². The molecule has 3 aromatic heterocycles. The number of fused-ring (bicyclic) bond motifs is 19. The third-order valence-corrected chi connectivity index (χ3v) is 13.8. The molecule has 3 heterocycles. The molecule has 0 saturated carbocycles. The van der Waals surface area contributed by atoms with Gasteiger partial charge >= 0.3 is 0 Å². The summed E-state index contributed by atoms with van der Waals surface area (Å²) in [6.07, 6.45) is 0. The maximum absolute atomic E-state index is 6.68. The molecule has 3 aliphatic rings. The maximum atomic E-state index is 6.68. The molecule has 0 N–H and O–H groups in total. The van der Waals surface area contributed by atoms with Gasteiger partial charge in [-0.15, -0.1) is 22.7 Å². The van der Waals surface area contributed by atoms with E-state index in [1.807, 2.05) is 22.7 Å². The van der Waals surface area contributed by atoms with Crippen molar-refractivity contribution in [3.05, 3.63) is 200 Å². The highest BCUT2D eigenvalue weighted by Gasteiger charge is 2.60. The van der Waals surface area contributed by atoms with Gasteiger partial charge in [0.25, 0.3) is 0 Å². The van der Waals surface area contributed by atoms with Crippen molar-refractivity contribution in [3.8, 4) is 32.7 Å². The summed E-state index contributed by atoms with van der Waals surface area (Å²) in [5.74, 6) is 0. The van der Waals surface area contributed by atoms with Crippen molar-refractivity contribution in [2.24, 2.45) is 0 Å². The summed E-state index contributed by atoms with van der Waals surface area (Å²) in [6, 6.07) is 56.6. The Hall–Kier alpha value is -5.48. The van der Waals surface area contributed by atoms with Crippen LogP contribution in [-0.2, 0) is 10.8 Å². The first-order valence-corrected chi connectivity index (χ1v) is 18.5. The minimum atomic E-state index is -0.430. The van der Waals surface area contributed by atoms with Crippen molar-refractivity contribution >= 4 is 44.6 Å². The second-order valence-corrected chi connectivity index (χ2v) is 15.4. The summed E-state index contributed by atoms with van der Waals surface area (Å²) in [6.45, 7) is 0. The third-order valence-electron chi connectivity index (χ3n) is 11.5. The van der Waals surface area contributed by atoms with Crippen molar-refractivity contribution < 1.29 is 4.42 Å². The molecule has 0 unspecified atom stereocenters. The van der Waals surface area contributed by atoms with E-state index in [1.165, 1.54) is 70.3 Å². The molecule has 3 aliphatic carbocycles. The standard InChI is InChI=1S/C46H26OS2/c1-6-19-34-27(12-1)28-13-2-7-20-35(28)45(34)38-24-25-48-43(38)46(36-21-8-3-14-29(36)30-15-4-9-22-37(30)46)39-26-41(49-44(39)45)33-18-11-17-32-31-16-5-10-23-40(31)47-42(32)33/h1-26H. The smallest absolute Gasteiger partial charge is 0.144 e. The summed E-state index contributed by atoms with van der Waals surface area (Å²) >= 11 is 3.88. The molecule has 0 fully saturated rings. The normalized spacial score (nSPS) is 15.3. The molecule has 0 amide bonds. The lowest BCUT2D eigenvalue weighted by Gasteiger charge is -2.45. The average molecular weight is 659 g/mol. The van der Waals surface area contributed by atoms with Gasteiger partial charge < -0.3 is 4.42 Å². The SMILES string of the molecule is c1ccc2c(c1)-c1ccccc1C21c2cc(-c3cccc4c3oc3ccccc34)sc2C2(c3ccccc3-c3ccccc32)c2ccsc21. The number of furan rings is 1. The van der Waals surface area contributed by atoms with Gasteiger partial charge in [-0.25, -0.2) is 0 Å². The second-order valence-electron chi connectivity index (χ2n) is 13.5. The number of benzene rings is 6. The largest absolute Gasteiger partial charge is 0.455 e. The van der Waals surface area contributed by atoms with Gasteiger partial charge in [0, 0.05) is 31.0 Å². The molecule has 0 bridgehead atoms. The number of hydrogen-bond donors (Lipinski definition) is 0. The van der Waals surface area contributed by atoms with E-state index in [2.05, 4.69) is 157 Å². The molecule has 3 heteroatoms. The predicted octanol–water partition coefficient (Wildman–Crippen LogP) is 12.4. The minimum absolute atomic E-state index is 0.430. The highest BCUT2D eigenvalue weighted by atomic mass is 32.1. The molecule has 1 nitrogen and oxygen atoms in total. The number of thiophene rings is 2. The highest BCUT2D eigenvalue weighted by molar-refractivity contribution is 7.16. The fourth-order valence-corrected chi connectivity index (χ4v) is 12.4. The van der Waals surface area contributed by atoms with Crippen LogP contribution in [0.3, 0.4) is 0 Å². The molecule has 6 aromatic carbocycles. The van der Waals surface area contributed by atoms with E-state index in [-0.39, 0.29) is 0 Å². The van der Waals surface area contributed by atoms with Gasteiger partial charge in [-0.3, -0.25) is 0 Å². The van der Waals surface area contributed by atoms with Crippen LogP contribution in [0.4, 0.5) is 0 Å². The Morgan fingerprint density at radius 3 is 1.55 bits per heavy atom. The monoisotopic (exact) mass is 658 g/mol. The number of para-hydroxylation sites is 2. The third kappa shape index (κ3) is 2.96. The van der Waals surface area contributed by atoms with Gasteiger partial charge in [0.15, 0.2) is 0 Å². The van der Waals surface area contributed by atoms with Crippen LogP contribution in [0.2, 0.25) is 0 Å². The topological polar surface area (TPSA) is 13.1 Å². The zero-order valence-electron chi connectivity index (χ0n) is 26.2. The summed E-state index contributed by atoms with van der Waals surface area (Å²) in [4.78, 5) is 4.08. The Labute approximate surface area is 291 Å². The molecule has 9 aromatic rings. The molecule has 0 atom stereocenters. The maximum Gasteiger partial charge on any atom is 0.144 e. The lowest BCUT2D eigenvalue weighted by Crippen LogP contribution is -2.41. The molecule has 0 aliphatic heterocycles. The lowest BCUT2D eigenvalue weighted by molar-refractivity contribution is 0.662. The van der Waals surface area contributed by atoms with Crippen molar-refractivity contribution in [2.75, 3.05) is 0 Å².